The third-order valence-corrected chi connectivity index (χ3v) is 3.79. The summed E-state index contributed by atoms with van der Waals surface area (Å²) < 4.78 is 0. The van der Waals surface area contributed by atoms with E-state index in [1.165, 1.54) is 12.1 Å². The molecule has 6 nitrogen and oxygen atoms in total. The van der Waals surface area contributed by atoms with E-state index in [9.17, 15) is 20.2 Å². The van der Waals surface area contributed by atoms with Crippen molar-refractivity contribution in [1.29, 1.82) is 5.26 Å². The van der Waals surface area contributed by atoms with Gasteiger partial charge in [-0.25, -0.2) is 0 Å². The fourth-order valence-corrected chi connectivity index (χ4v) is 2.66. The van der Waals surface area contributed by atoms with E-state index in [1.807, 2.05) is 6.92 Å². The van der Waals surface area contributed by atoms with E-state index in [-0.39, 0.29) is 11.6 Å². The molecule has 6 heteroatoms. The molecule has 1 fully saturated rings. The maximum Gasteiger partial charge on any atom is 0.274 e. The quantitative estimate of drug-likeness (QED) is 0.676. The number of rotatable bonds is 3. The highest BCUT2D eigenvalue weighted by atomic mass is 16.6. The molecular formula is C14H15N3O3. The van der Waals surface area contributed by atoms with Crippen LogP contribution in [0.25, 0.3) is 0 Å². The number of hydrogen-bond acceptors (Lipinski definition) is 4. The Kier molecular flexibility index (Phi) is 3.45. The second kappa shape index (κ2) is 4.93. The van der Waals surface area contributed by atoms with Gasteiger partial charge in [-0.1, -0.05) is 13.0 Å². The SMILES string of the molecule is Cc1c(NC(=O)C2(C#N)CC(C)C2)cccc1[N+](=O)[O-]. The Bertz CT molecular complexity index is 613. The number of hydrogen-bond donors (Lipinski definition) is 1. The average molecular weight is 273 g/mol. The van der Waals surface area contributed by atoms with E-state index >= 15 is 0 Å². The topological polar surface area (TPSA) is 96.0 Å². The first-order valence-corrected chi connectivity index (χ1v) is 6.36. The van der Waals surface area contributed by atoms with Gasteiger partial charge in [-0.2, -0.15) is 5.26 Å². The van der Waals surface area contributed by atoms with E-state index in [0.29, 0.717) is 30.0 Å². The van der Waals surface area contributed by atoms with Crippen molar-refractivity contribution in [3.05, 3.63) is 33.9 Å². The lowest BCUT2D eigenvalue weighted by Crippen LogP contribution is -2.45. The van der Waals surface area contributed by atoms with Gasteiger partial charge in [0.1, 0.15) is 5.41 Å². The minimum atomic E-state index is -0.990. The Labute approximate surface area is 116 Å². The van der Waals surface area contributed by atoms with Crippen LogP contribution in [-0.2, 0) is 4.79 Å². The van der Waals surface area contributed by atoms with Gasteiger partial charge in [0.2, 0.25) is 5.91 Å². The van der Waals surface area contributed by atoms with Gasteiger partial charge in [0.15, 0.2) is 0 Å². The molecule has 0 atom stereocenters. The molecule has 0 unspecified atom stereocenters. The maximum absolute atomic E-state index is 12.2. The predicted octanol–water partition coefficient (Wildman–Crippen LogP) is 2.78. The summed E-state index contributed by atoms with van der Waals surface area (Å²) in [6, 6.07) is 6.58. The highest BCUT2D eigenvalue weighted by molar-refractivity contribution is 5.98. The van der Waals surface area contributed by atoms with Crippen LogP contribution in [0.5, 0.6) is 0 Å². The monoisotopic (exact) mass is 273 g/mol. The molecule has 1 saturated carbocycles. The number of nitro benzene ring substituents is 1. The molecule has 1 amide bonds. The van der Waals surface area contributed by atoms with Crippen LogP contribution in [0, 0.1) is 39.7 Å². The second-order valence-corrected chi connectivity index (χ2v) is 5.37. The van der Waals surface area contributed by atoms with Gasteiger partial charge in [0, 0.05) is 6.07 Å². The first-order chi connectivity index (χ1) is 9.39. The number of nitrogens with zero attached hydrogens (tertiary/aromatic N) is 2. The van der Waals surface area contributed by atoms with Gasteiger partial charge in [-0.3, -0.25) is 14.9 Å². The Morgan fingerprint density at radius 1 is 1.55 bits per heavy atom. The number of nitro groups is 1. The van der Waals surface area contributed by atoms with Crippen LogP contribution in [0.1, 0.15) is 25.3 Å². The summed E-state index contributed by atoms with van der Waals surface area (Å²) in [4.78, 5) is 22.6. The van der Waals surface area contributed by atoms with E-state index in [1.54, 1.807) is 13.0 Å². The largest absolute Gasteiger partial charge is 0.324 e. The summed E-state index contributed by atoms with van der Waals surface area (Å²) in [7, 11) is 0. The molecule has 1 aliphatic carbocycles. The molecule has 20 heavy (non-hydrogen) atoms. The van der Waals surface area contributed by atoms with Crippen LogP contribution in [0.4, 0.5) is 11.4 Å². The average Bonchev–Trinajstić information content (AvgIpc) is 2.36. The Morgan fingerprint density at radius 2 is 2.20 bits per heavy atom. The molecule has 1 aliphatic rings. The number of benzene rings is 1. The zero-order valence-electron chi connectivity index (χ0n) is 11.3. The number of nitriles is 1. The van der Waals surface area contributed by atoms with Gasteiger partial charge in [-0.15, -0.1) is 0 Å². The molecule has 1 N–H and O–H groups in total. The Morgan fingerprint density at radius 3 is 2.70 bits per heavy atom. The van der Waals surface area contributed by atoms with Crippen molar-refractivity contribution in [2.24, 2.45) is 11.3 Å². The van der Waals surface area contributed by atoms with Gasteiger partial charge < -0.3 is 5.32 Å². The zero-order valence-corrected chi connectivity index (χ0v) is 11.3. The highest BCUT2D eigenvalue weighted by Crippen LogP contribution is 2.45. The molecule has 104 valence electrons. The van der Waals surface area contributed by atoms with Crippen molar-refractivity contribution in [3.8, 4) is 6.07 Å². The lowest BCUT2D eigenvalue weighted by molar-refractivity contribution is -0.385. The van der Waals surface area contributed by atoms with Crippen molar-refractivity contribution in [1.82, 2.24) is 0 Å². The fourth-order valence-electron chi connectivity index (χ4n) is 2.66. The molecule has 0 aliphatic heterocycles. The van der Waals surface area contributed by atoms with E-state index in [4.69, 9.17) is 0 Å². The lowest BCUT2D eigenvalue weighted by atomic mass is 9.63. The van der Waals surface area contributed by atoms with E-state index in [0.717, 1.165) is 0 Å². The molecule has 0 saturated heterocycles. The Hall–Kier alpha value is -2.42. The van der Waals surface area contributed by atoms with Crippen LogP contribution in [0.15, 0.2) is 18.2 Å². The van der Waals surface area contributed by atoms with Crippen molar-refractivity contribution in [2.75, 3.05) is 5.32 Å². The van der Waals surface area contributed by atoms with Crippen LogP contribution < -0.4 is 5.32 Å². The number of carbonyl (C=O) groups excluding carboxylic acids is 1. The Balaban J connectivity index is 2.23. The molecule has 0 spiro atoms. The third-order valence-electron chi connectivity index (χ3n) is 3.79. The van der Waals surface area contributed by atoms with Gasteiger partial charge in [0.05, 0.1) is 22.2 Å². The molecule has 0 heterocycles. The molecule has 0 bridgehead atoms. The van der Waals surface area contributed by atoms with Crippen LogP contribution in [-0.4, -0.2) is 10.8 Å². The first kappa shape index (κ1) is 14.0. The summed E-state index contributed by atoms with van der Waals surface area (Å²) in [5.41, 5.74) is -0.253. The molecule has 0 radical (unpaired) electrons. The van der Waals surface area contributed by atoms with Gasteiger partial charge in [-0.05, 0) is 31.7 Å². The summed E-state index contributed by atoms with van der Waals surface area (Å²) in [5, 5.41) is 22.7. The summed E-state index contributed by atoms with van der Waals surface area (Å²) in [6.07, 6.45) is 1.06. The standard InChI is InChI=1S/C14H15N3O3/c1-9-6-14(7-9,8-15)13(18)16-11-4-3-5-12(10(11)2)17(19)20/h3-5,9H,6-7H2,1-2H3,(H,16,18). The molecule has 1 aromatic rings. The molecular weight excluding hydrogens is 258 g/mol. The number of amides is 1. The van der Waals surface area contributed by atoms with Crippen LogP contribution in [0.2, 0.25) is 0 Å². The highest BCUT2D eigenvalue weighted by Gasteiger charge is 2.49. The summed E-state index contributed by atoms with van der Waals surface area (Å²) >= 11 is 0. The van der Waals surface area contributed by atoms with Gasteiger partial charge in [0.25, 0.3) is 5.69 Å². The van der Waals surface area contributed by atoms with E-state index in [2.05, 4.69) is 11.4 Å². The maximum atomic E-state index is 12.2. The van der Waals surface area contributed by atoms with Crippen molar-refractivity contribution >= 4 is 17.3 Å². The van der Waals surface area contributed by atoms with Crippen LogP contribution in [0.3, 0.4) is 0 Å². The minimum absolute atomic E-state index is 0.0456. The van der Waals surface area contributed by atoms with Crippen molar-refractivity contribution in [3.63, 3.8) is 0 Å². The fraction of sp³-hybridized carbons (Fsp3) is 0.429. The van der Waals surface area contributed by atoms with E-state index < -0.39 is 10.3 Å². The summed E-state index contributed by atoms with van der Waals surface area (Å²) in [5.74, 6) is -0.0201. The molecule has 2 rings (SSSR count). The predicted molar refractivity (Wildman–Crippen MR) is 72.9 cm³/mol. The van der Waals surface area contributed by atoms with Crippen molar-refractivity contribution in [2.45, 2.75) is 26.7 Å². The third kappa shape index (κ3) is 2.23. The lowest BCUT2D eigenvalue weighted by Gasteiger charge is -2.39. The molecule has 1 aromatic carbocycles. The number of carbonyl (C=O) groups is 1. The van der Waals surface area contributed by atoms with Crippen LogP contribution >= 0.6 is 0 Å². The number of nitrogens with one attached hydrogen (secondary N) is 1. The second-order valence-electron chi connectivity index (χ2n) is 5.37. The number of anilines is 1. The minimum Gasteiger partial charge on any atom is -0.324 e. The summed E-state index contributed by atoms with van der Waals surface area (Å²) in [6.45, 7) is 3.57. The zero-order chi connectivity index (χ0) is 14.9. The smallest absolute Gasteiger partial charge is 0.274 e. The van der Waals surface area contributed by atoms with Gasteiger partial charge >= 0.3 is 0 Å². The molecule has 0 aromatic heterocycles. The normalized spacial score (nSPS) is 24.4. The first-order valence-electron chi connectivity index (χ1n) is 6.36. The van der Waals surface area contributed by atoms with Crippen molar-refractivity contribution < 1.29 is 9.72 Å².